The highest BCUT2D eigenvalue weighted by atomic mass is 32.1. The summed E-state index contributed by atoms with van der Waals surface area (Å²) >= 11 is 5.22. The van der Waals surface area contributed by atoms with Gasteiger partial charge in [-0.25, -0.2) is 0 Å². The van der Waals surface area contributed by atoms with Crippen LogP contribution >= 0.6 is 12.2 Å². The van der Waals surface area contributed by atoms with Crippen molar-refractivity contribution in [3.8, 4) is 0 Å². The molecule has 1 aliphatic carbocycles. The molecule has 2 aliphatic rings. The van der Waals surface area contributed by atoms with Crippen molar-refractivity contribution in [3.63, 3.8) is 0 Å². The van der Waals surface area contributed by atoms with Crippen LogP contribution in [0.15, 0.2) is 30.3 Å². The molecule has 0 amide bonds. The molecule has 3 atom stereocenters. The molecule has 1 aromatic rings. The third kappa shape index (κ3) is 2.16. The normalized spacial score (nSPS) is 32.2. The zero-order chi connectivity index (χ0) is 11.7. The first-order valence-electron chi connectivity index (χ1n) is 6.37. The van der Waals surface area contributed by atoms with Crippen LogP contribution in [0.25, 0.3) is 0 Å². The molecule has 3 rings (SSSR count). The Morgan fingerprint density at radius 3 is 2.71 bits per heavy atom. The summed E-state index contributed by atoms with van der Waals surface area (Å²) in [6.07, 6.45) is 5.28. The Kier molecular flexibility index (Phi) is 3.02. The van der Waals surface area contributed by atoms with E-state index in [2.05, 4.69) is 35.6 Å². The van der Waals surface area contributed by atoms with E-state index in [1.54, 1.807) is 0 Å². The molecule has 2 fully saturated rings. The topological polar surface area (TPSA) is 21.3 Å². The molecule has 0 spiro atoms. The molecule has 1 saturated carbocycles. The highest BCUT2D eigenvalue weighted by Crippen LogP contribution is 2.38. The largest absolute Gasteiger partial charge is 0.467 e. The summed E-state index contributed by atoms with van der Waals surface area (Å²) in [4.78, 5) is 0. The van der Waals surface area contributed by atoms with Gasteiger partial charge in [0.25, 0.3) is 5.17 Å². The first-order valence-corrected chi connectivity index (χ1v) is 6.77. The molecule has 3 unspecified atom stereocenters. The third-order valence-corrected chi connectivity index (χ3v) is 4.09. The van der Waals surface area contributed by atoms with Gasteiger partial charge >= 0.3 is 0 Å². The lowest BCUT2D eigenvalue weighted by molar-refractivity contribution is 0.0334. The van der Waals surface area contributed by atoms with Gasteiger partial charge in [-0.05, 0) is 37.0 Å². The fourth-order valence-corrected chi connectivity index (χ4v) is 3.30. The lowest BCUT2D eigenvalue weighted by Crippen LogP contribution is -2.48. The van der Waals surface area contributed by atoms with Gasteiger partial charge in [0, 0.05) is 5.92 Å². The van der Waals surface area contributed by atoms with Crippen molar-refractivity contribution >= 4 is 17.4 Å². The molecule has 3 heteroatoms. The molecule has 1 heterocycles. The maximum atomic E-state index is 5.76. The minimum atomic E-state index is 0.322. The Labute approximate surface area is 107 Å². The fourth-order valence-electron chi connectivity index (χ4n) is 3.05. The van der Waals surface area contributed by atoms with Crippen LogP contribution in [0.2, 0.25) is 0 Å². The number of hydrogen-bond donors (Lipinski definition) is 1. The summed E-state index contributed by atoms with van der Waals surface area (Å²) in [6.45, 7) is 0. The van der Waals surface area contributed by atoms with Gasteiger partial charge in [0.1, 0.15) is 6.10 Å². The van der Waals surface area contributed by atoms with E-state index in [0.29, 0.717) is 23.2 Å². The Morgan fingerprint density at radius 2 is 1.88 bits per heavy atom. The smallest absolute Gasteiger partial charge is 0.257 e. The number of benzene rings is 1. The molecule has 1 aromatic carbocycles. The van der Waals surface area contributed by atoms with Crippen LogP contribution < -0.4 is 5.32 Å². The quantitative estimate of drug-likeness (QED) is 0.770. The van der Waals surface area contributed by atoms with Gasteiger partial charge in [-0.15, -0.1) is 0 Å². The molecule has 0 aromatic heterocycles. The van der Waals surface area contributed by atoms with Gasteiger partial charge in [0.2, 0.25) is 0 Å². The molecule has 1 N–H and O–H groups in total. The lowest BCUT2D eigenvalue weighted by Gasteiger charge is -2.42. The Hall–Kier alpha value is -1.09. The maximum Gasteiger partial charge on any atom is 0.257 e. The zero-order valence-corrected chi connectivity index (χ0v) is 10.6. The fraction of sp³-hybridized carbons (Fsp3) is 0.500. The minimum Gasteiger partial charge on any atom is -0.467 e. The first kappa shape index (κ1) is 11.0. The third-order valence-electron chi connectivity index (χ3n) is 3.87. The monoisotopic (exact) mass is 247 g/mol. The average Bonchev–Trinajstić information content (AvgIpc) is 2.39. The van der Waals surface area contributed by atoms with Gasteiger partial charge in [0.15, 0.2) is 0 Å². The molecule has 2 nitrogen and oxygen atoms in total. The zero-order valence-electron chi connectivity index (χ0n) is 9.76. The van der Waals surface area contributed by atoms with Gasteiger partial charge < -0.3 is 10.1 Å². The van der Waals surface area contributed by atoms with Crippen LogP contribution in [-0.4, -0.2) is 11.3 Å². The van der Waals surface area contributed by atoms with E-state index in [1.165, 1.54) is 24.8 Å². The van der Waals surface area contributed by atoms with E-state index in [0.717, 1.165) is 6.42 Å². The van der Waals surface area contributed by atoms with Crippen LogP contribution in [0.3, 0.4) is 0 Å². The standard InChI is InChI=1S/C14H17NOS/c17-14-15-13(10-6-2-1-3-7-10)11-8-4-5-9-12(11)16-14/h1-3,6-7,11-13H,4-5,8-9H2,(H,15,17). The number of ether oxygens (including phenoxy) is 1. The molecule has 1 aliphatic heterocycles. The number of nitrogens with one attached hydrogen (secondary N) is 1. The van der Waals surface area contributed by atoms with Gasteiger partial charge in [-0.1, -0.05) is 36.8 Å². The molecular formula is C14H17NOS. The second kappa shape index (κ2) is 4.65. The van der Waals surface area contributed by atoms with Gasteiger partial charge in [-0.3, -0.25) is 0 Å². The SMILES string of the molecule is S=C1NC(c2ccccc2)C2CCCCC2O1. The van der Waals surface area contributed by atoms with Crippen molar-refractivity contribution < 1.29 is 4.74 Å². The highest BCUT2D eigenvalue weighted by Gasteiger charge is 2.38. The minimum absolute atomic E-state index is 0.322. The number of fused-ring (bicyclic) bond motifs is 1. The van der Waals surface area contributed by atoms with Crippen LogP contribution in [0.4, 0.5) is 0 Å². The average molecular weight is 247 g/mol. The maximum absolute atomic E-state index is 5.76. The van der Waals surface area contributed by atoms with Crippen molar-refractivity contribution in [3.05, 3.63) is 35.9 Å². The number of hydrogen-bond acceptors (Lipinski definition) is 2. The summed E-state index contributed by atoms with van der Waals surface area (Å²) in [7, 11) is 0. The molecule has 0 radical (unpaired) electrons. The van der Waals surface area contributed by atoms with Gasteiger partial charge in [0.05, 0.1) is 6.04 Å². The van der Waals surface area contributed by atoms with Crippen LogP contribution in [-0.2, 0) is 4.74 Å². The van der Waals surface area contributed by atoms with E-state index in [1.807, 2.05) is 0 Å². The van der Waals surface area contributed by atoms with Crippen molar-refractivity contribution in [1.29, 1.82) is 0 Å². The van der Waals surface area contributed by atoms with E-state index >= 15 is 0 Å². The summed E-state index contributed by atoms with van der Waals surface area (Å²) in [5, 5.41) is 3.91. The van der Waals surface area contributed by atoms with Crippen molar-refractivity contribution in [1.82, 2.24) is 5.32 Å². The summed E-state index contributed by atoms with van der Waals surface area (Å²) in [6, 6.07) is 10.9. The predicted molar refractivity (Wildman–Crippen MR) is 71.7 cm³/mol. The molecule has 17 heavy (non-hydrogen) atoms. The van der Waals surface area contributed by atoms with Crippen molar-refractivity contribution in [2.24, 2.45) is 5.92 Å². The van der Waals surface area contributed by atoms with Crippen LogP contribution in [0.5, 0.6) is 0 Å². The number of thiocarbonyl (C=S) groups is 1. The van der Waals surface area contributed by atoms with E-state index in [9.17, 15) is 0 Å². The lowest BCUT2D eigenvalue weighted by atomic mass is 9.78. The van der Waals surface area contributed by atoms with E-state index < -0.39 is 0 Å². The predicted octanol–water partition coefficient (Wildman–Crippen LogP) is 3.19. The second-order valence-electron chi connectivity index (χ2n) is 4.92. The summed E-state index contributed by atoms with van der Waals surface area (Å²) in [5.74, 6) is 0.567. The summed E-state index contributed by atoms with van der Waals surface area (Å²) < 4.78 is 5.76. The van der Waals surface area contributed by atoms with E-state index in [-0.39, 0.29) is 0 Å². The van der Waals surface area contributed by atoms with Gasteiger partial charge in [-0.2, -0.15) is 0 Å². The second-order valence-corrected chi connectivity index (χ2v) is 5.30. The number of rotatable bonds is 1. The molecule has 1 saturated heterocycles. The van der Waals surface area contributed by atoms with Crippen LogP contribution in [0.1, 0.15) is 37.3 Å². The van der Waals surface area contributed by atoms with Crippen molar-refractivity contribution in [2.45, 2.75) is 37.8 Å². The molecular weight excluding hydrogens is 230 g/mol. The van der Waals surface area contributed by atoms with Crippen LogP contribution in [0, 0.1) is 5.92 Å². The Bertz CT molecular complexity index is 406. The summed E-state index contributed by atoms with van der Waals surface area (Å²) in [5.41, 5.74) is 1.33. The molecule has 0 bridgehead atoms. The first-order chi connectivity index (χ1) is 8.34. The van der Waals surface area contributed by atoms with E-state index in [4.69, 9.17) is 17.0 Å². The highest BCUT2D eigenvalue weighted by molar-refractivity contribution is 7.80. The Morgan fingerprint density at radius 1 is 1.12 bits per heavy atom. The Balaban J connectivity index is 1.88. The van der Waals surface area contributed by atoms with Crippen molar-refractivity contribution in [2.75, 3.05) is 0 Å². The molecule has 90 valence electrons.